The van der Waals surface area contributed by atoms with E-state index >= 15 is 0 Å². The van der Waals surface area contributed by atoms with Crippen LogP contribution in [0.3, 0.4) is 0 Å². The Morgan fingerprint density at radius 3 is 3.07 bits per heavy atom. The minimum Gasteiger partial charge on any atom is -0.461 e. The number of benzene rings is 1. The molecule has 1 aromatic carbocycles. The van der Waals surface area contributed by atoms with Gasteiger partial charge in [-0.3, -0.25) is 0 Å². The molecule has 1 heterocycles. The highest BCUT2D eigenvalue weighted by Gasteiger charge is 2.04. The molecule has 0 bridgehead atoms. The molecule has 2 aromatic rings. The van der Waals surface area contributed by atoms with Gasteiger partial charge in [0.2, 0.25) is 0 Å². The van der Waals surface area contributed by atoms with Crippen LogP contribution in [0.15, 0.2) is 28.7 Å². The molecule has 0 saturated heterocycles. The molecule has 1 radical (unpaired) electrons. The average Bonchev–Trinajstić information content (AvgIpc) is 2.60. The van der Waals surface area contributed by atoms with E-state index in [2.05, 4.69) is 4.74 Å². The molecule has 77 valence electrons. The summed E-state index contributed by atoms with van der Waals surface area (Å²) >= 11 is 0. The van der Waals surface area contributed by atoms with Crippen molar-refractivity contribution < 1.29 is 18.3 Å². The summed E-state index contributed by atoms with van der Waals surface area (Å²) in [6, 6.07) is 6.14. The first-order valence-corrected chi connectivity index (χ1v) is 4.46. The Hall–Kier alpha value is -1.84. The predicted molar refractivity (Wildman–Crippen MR) is 51.5 cm³/mol. The number of ether oxygens (including phenoxy) is 1. The van der Waals surface area contributed by atoms with Gasteiger partial charge in [0.05, 0.1) is 6.61 Å². The van der Waals surface area contributed by atoms with Crippen molar-refractivity contribution in [1.29, 1.82) is 0 Å². The van der Waals surface area contributed by atoms with Crippen LogP contribution < -0.4 is 0 Å². The van der Waals surface area contributed by atoms with Crippen LogP contribution in [0.25, 0.3) is 11.0 Å². The number of hydrogen-bond acceptors (Lipinski definition) is 3. The molecule has 1 aromatic heterocycles. The monoisotopic (exact) mass is 207 g/mol. The molecular weight excluding hydrogens is 199 g/mol. The van der Waals surface area contributed by atoms with E-state index in [9.17, 15) is 9.18 Å². The van der Waals surface area contributed by atoms with Gasteiger partial charge < -0.3 is 9.15 Å². The number of fused-ring (bicyclic) bond motifs is 1. The third-order valence-corrected chi connectivity index (χ3v) is 2.04. The Labute approximate surface area is 85.4 Å². The third-order valence-electron chi connectivity index (χ3n) is 2.04. The van der Waals surface area contributed by atoms with Crippen LogP contribution in [0.1, 0.15) is 5.76 Å². The van der Waals surface area contributed by atoms with E-state index in [1.54, 1.807) is 12.1 Å². The van der Waals surface area contributed by atoms with Crippen molar-refractivity contribution in [3.63, 3.8) is 0 Å². The second-order valence-electron chi connectivity index (χ2n) is 3.08. The second kappa shape index (κ2) is 4.13. The van der Waals surface area contributed by atoms with Crippen LogP contribution in [0.5, 0.6) is 0 Å². The maximum absolute atomic E-state index is 12.8. The second-order valence-corrected chi connectivity index (χ2v) is 3.08. The summed E-state index contributed by atoms with van der Waals surface area (Å²) in [5, 5.41) is 0.835. The quantitative estimate of drug-likeness (QED) is 0.721. The normalized spacial score (nSPS) is 10.5. The van der Waals surface area contributed by atoms with Gasteiger partial charge in [0.25, 0.3) is 0 Å². The van der Waals surface area contributed by atoms with Gasteiger partial charge in [0, 0.05) is 17.9 Å². The summed E-state index contributed by atoms with van der Waals surface area (Å²) in [7, 11) is 0. The number of furan rings is 1. The van der Waals surface area contributed by atoms with Crippen LogP contribution in [-0.2, 0) is 16.0 Å². The third kappa shape index (κ3) is 2.15. The molecule has 0 aliphatic carbocycles. The molecule has 0 fully saturated rings. The fourth-order valence-electron chi connectivity index (χ4n) is 1.38. The topological polar surface area (TPSA) is 39.4 Å². The number of halogens is 1. The Bertz CT molecular complexity index is 476. The van der Waals surface area contributed by atoms with Gasteiger partial charge in [0.15, 0.2) is 0 Å². The van der Waals surface area contributed by atoms with Crippen LogP contribution in [0.2, 0.25) is 0 Å². The first-order valence-electron chi connectivity index (χ1n) is 4.46. The Kier molecular flexibility index (Phi) is 2.67. The van der Waals surface area contributed by atoms with Gasteiger partial charge in [-0.1, -0.05) is 0 Å². The van der Waals surface area contributed by atoms with Gasteiger partial charge in [-0.05, 0) is 18.2 Å². The van der Waals surface area contributed by atoms with E-state index in [0.29, 0.717) is 17.8 Å². The number of carbonyl (C=O) groups excluding carboxylic acids is 1. The maximum Gasteiger partial charge on any atom is 0.417 e. The highest BCUT2D eigenvalue weighted by molar-refractivity contribution is 5.77. The molecule has 0 N–H and O–H groups in total. The largest absolute Gasteiger partial charge is 0.461 e. The fourth-order valence-corrected chi connectivity index (χ4v) is 1.38. The zero-order valence-electron chi connectivity index (χ0n) is 7.83. The maximum atomic E-state index is 12.8. The van der Waals surface area contributed by atoms with Crippen LogP contribution in [0, 0.1) is 5.82 Å². The number of hydrogen-bond donors (Lipinski definition) is 0. The molecule has 4 heteroatoms. The summed E-state index contributed by atoms with van der Waals surface area (Å²) < 4.78 is 22.6. The first kappa shape index (κ1) is 9.71. The highest BCUT2D eigenvalue weighted by Crippen LogP contribution is 2.20. The summed E-state index contributed by atoms with van der Waals surface area (Å²) in [5.41, 5.74) is 0.500. The molecule has 3 nitrogen and oxygen atoms in total. The van der Waals surface area contributed by atoms with Gasteiger partial charge >= 0.3 is 6.47 Å². The Morgan fingerprint density at radius 1 is 1.40 bits per heavy atom. The molecule has 0 atom stereocenters. The Balaban J connectivity index is 2.19. The zero-order chi connectivity index (χ0) is 10.7. The van der Waals surface area contributed by atoms with Gasteiger partial charge in [0.1, 0.15) is 17.2 Å². The summed E-state index contributed by atoms with van der Waals surface area (Å²) in [6.07, 6.45) is 0.464. The van der Waals surface area contributed by atoms with Crippen molar-refractivity contribution in [2.24, 2.45) is 0 Å². The van der Waals surface area contributed by atoms with E-state index in [1.165, 1.54) is 18.6 Å². The van der Waals surface area contributed by atoms with Crippen molar-refractivity contribution >= 4 is 17.4 Å². The van der Waals surface area contributed by atoms with Gasteiger partial charge in [-0.15, -0.1) is 0 Å². The smallest absolute Gasteiger partial charge is 0.417 e. The SMILES string of the molecule is O=[C]OCCc1cc2ccc(F)cc2o1. The minimum atomic E-state index is -0.333. The van der Waals surface area contributed by atoms with Gasteiger partial charge in [-0.25, -0.2) is 9.18 Å². The van der Waals surface area contributed by atoms with Gasteiger partial charge in [-0.2, -0.15) is 0 Å². The van der Waals surface area contributed by atoms with E-state index in [-0.39, 0.29) is 12.4 Å². The van der Waals surface area contributed by atoms with Crippen molar-refractivity contribution in [2.45, 2.75) is 6.42 Å². The highest BCUT2D eigenvalue weighted by atomic mass is 19.1. The van der Waals surface area contributed by atoms with E-state index in [1.807, 2.05) is 0 Å². The van der Waals surface area contributed by atoms with Crippen LogP contribution in [-0.4, -0.2) is 13.1 Å². The lowest BCUT2D eigenvalue weighted by molar-refractivity contribution is 0.274. The molecule has 0 aliphatic rings. The fraction of sp³-hybridized carbons (Fsp3) is 0.182. The molecule has 0 unspecified atom stereocenters. The molecule has 0 spiro atoms. The van der Waals surface area contributed by atoms with E-state index in [4.69, 9.17) is 4.42 Å². The summed E-state index contributed by atoms with van der Waals surface area (Å²) in [5.74, 6) is 0.326. The molecule has 0 saturated carbocycles. The van der Waals surface area contributed by atoms with Crippen molar-refractivity contribution in [3.05, 3.63) is 35.8 Å². The molecular formula is C11H8FO3. The minimum absolute atomic E-state index is 0.214. The lowest BCUT2D eigenvalue weighted by Gasteiger charge is -1.92. The molecule has 2 rings (SSSR count). The van der Waals surface area contributed by atoms with Crippen molar-refractivity contribution in [2.75, 3.05) is 6.61 Å². The summed E-state index contributed by atoms with van der Waals surface area (Å²) in [6.45, 7) is 1.54. The predicted octanol–water partition coefficient (Wildman–Crippen LogP) is 2.20. The van der Waals surface area contributed by atoms with E-state index in [0.717, 1.165) is 5.39 Å². The standard InChI is InChI=1S/C11H8FO3/c12-9-2-1-8-5-10(3-4-14-7-13)15-11(8)6-9/h1-2,5-6H,3-4H2. The lowest BCUT2D eigenvalue weighted by Crippen LogP contribution is -1.94. The zero-order valence-corrected chi connectivity index (χ0v) is 7.83. The Morgan fingerprint density at radius 2 is 2.27 bits per heavy atom. The van der Waals surface area contributed by atoms with Crippen LogP contribution >= 0.6 is 0 Å². The number of rotatable bonds is 4. The van der Waals surface area contributed by atoms with Crippen molar-refractivity contribution in [3.8, 4) is 0 Å². The molecule has 0 aliphatic heterocycles. The van der Waals surface area contributed by atoms with Crippen molar-refractivity contribution in [1.82, 2.24) is 0 Å². The van der Waals surface area contributed by atoms with E-state index < -0.39 is 0 Å². The molecule has 0 amide bonds. The van der Waals surface area contributed by atoms with Crippen LogP contribution in [0.4, 0.5) is 4.39 Å². The lowest BCUT2D eigenvalue weighted by atomic mass is 10.2. The summed E-state index contributed by atoms with van der Waals surface area (Å²) in [4.78, 5) is 9.78. The average molecular weight is 207 g/mol. The molecule has 15 heavy (non-hydrogen) atoms. The first-order chi connectivity index (χ1) is 7.29.